The Bertz CT molecular complexity index is 271. The normalized spacial score (nSPS) is 28.0. The summed E-state index contributed by atoms with van der Waals surface area (Å²) in [7, 11) is 0. The molecular formula is C12H23N3O2. The van der Waals surface area contributed by atoms with E-state index in [2.05, 4.69) is 10.5 Å². The lowest BCUT2D eigenvalue weighted by molar-refractivity contribution is 0.0164. The highest BCUT2D eigenvalue weighted by atomic mass is 16.5. The highest BCUT2D eigenvalue weighted by Gasteiger charge is 2.42. The van der Waals surface area contributed by atoms with Crippen LogP contribution in [-0.2, 0) is 4.74 Å². The van der Waals surface area contributed by atoms with Crippen LogP contribution in [0.4, 0.5) is 0 Å². The Morgan fingerprint density at radius 2 is 2.29 bits per heavy atom. The third-order valence-corrected chi connectivity index (χ3v) is 3.79. The molecule has 1 aliphatic carbocycles. The average Bonchev–Trinajstić information content (AvgIpc) is 3.10. The van der Waals surface area contributed by atoms with Gasteiger partial charge in [-0.3, -0.25) is 0 Å². The lowest BCUT2D eigenvalue weighted by Crippen LogP contribution is -2.36. The molecule has 0 bridgehead atoms. The summed E-state index contributed by atoms with van der Waals surface area (Å²) in [6.07, 6.45) is 7.06. The van der Waals surface area contributed by atoms with E-state index >= 15 is 0 Å². The van der Waals surface area contributed by atoms with Gasteiger partial charge in [-0.2, -0.15) is 0 Å². The number of hydrogen-bond donors (Lipinski definition) is 3. The minimum Gasteiger partial charge on any atom is -0.409 e. The summed E-state index contributed by atoms with van der Waals surface area (Å²) in [5.74, 6) is 0.346. The second-order valence-corrected chi connectivity index (χ2v) is 5.39. The van der Waals surface area contributed by atoms with E-state index in [-0.39, 0.29) is 5.41 Å². The fourth-order valence-corrected chi connectivity index (χ4v) is 2.48. The second kappa shape index (κ2) is 5.69. The third kappa shape index (κ3) is 3.85. The molecule has 0 radical (unpaired) electrons. The van der Waals surface area contributed by atoms with Crippen molar-refractivity contribution in [3.05, 3.63) is 0 Å². The van der Waals surface area contributed by atoms with Crippen molar-refractivity contribution in [2.75, 3.05) is 19.7 Å². The number of nitrogens with zero attached hydrogens (tertiary/aromatic N) is 1. The molecule has 2 rings (SSSR count). The molecule has 2 aliphatic rings. The highest BCUT2D eigenvalue weighted by Crippen LogP contribution is 2.48. The average molecular weight is 241 g/mol. The Morgan fingerprint density at radius 3 is 2.88 bits per heavy atom. The predicted molar refractivity (Wildman–Crippen MR) is 66.2 cm³/mol. The van der Waals surface area contributed by atoms with E-state index in [0.717, 1.165) is 19.7 Å². The minimum atomic E-state index is 0.241. The molecule has 1 saturated carbocycles. The van der Waals surface area contributed by atoms with E-state index in [1.807, 2.05) is 0 Å². The molecule has 5 heteroatoms. The zero-order valence-electron chi connectivity index (χ0n) is 10.3. The number of rotatable bonds is 6. The van der Waals surface area contributed by atoms with Crippen LogP contribution in [0.1, 0.15) is 38.5 Å². The van der Waals surface area contributed by atoms with Crippen LogP contribution < -0.4 is 11.1 Å². The lowest BCUT2D eigenvalue weighted by atomic mass is 10.0. The molecule has 1 aliphatic heterocycles. The smallest absolute Gasteiger partial charge is 0.139 e. The number of nitrogens with one attached hydrogen (secondary N) is 1. The number of ether oxygens (including phenoxy) is 1. The van der Waals surface area contributed by atoms with Crippen LogP contribution in [0.5, 0.6) is 0 Å². The fourth-order valence-electron chi connectivity index (χ4n) is 2.48. The van der Waals surface area contributed by atoms with Crippen LogP contribution >= 0.6 is 0 Å². The Hall–Kier alpha value is -0.810. The van der Waals surface area contributed by atoms with Crippen molar-refractivity contribution in [2.24, 2.45) is 16.3 Å². The summed E-state index contributed by atoms with van der Waals surface area (Å²) in [4.78, 5) is 0. The Balaban J connectivity index is 1.64. The number of oxime groups is 1. The molecule has 0 aromatic heterocycles. The van der Waals surface area contributed by atoms with Gasteiger partial charge in [0, 0.05) is 26.1 Å². The molecule has 17 heavy (non-hydrogen) atoms. The summed E-state index contributed by atoms with van der Waals surface area (Å²) in [5.41, 5.74) is 5.80. The van der Waals surface area contributed by atoms with Gasteiger partial charge in [0.05, 0.1) is 6.10 Å². The molecule has 98 valence electrons. The minimum absolute atomic E-state index is 0.241. The standard InChI is InChI=1S/C12H23N3O2/c13-11(15-16)7-12(4-5-12)9-14-8-10-3-1-2-6-17-10/h10,14,16H,1-9H2,(H2,13,15). The molecule has 0 amide bonds. The summed E-state index contributed by atoms with van der Waals surface area (Å²) in [6, 6.07) is 0. The SMILES string of the molecule is NC(CC1(CNCC2CCCCO2)CC1)=NO. The quantitative estimate of drug-likeness (QED) is 0.281. The van der Waals surface area contributed by atoms with Gasteiger partial charge in [0.25, 0.3) is 0 Å². The van der Waals surface area contributed by atoms with Gasteiger partial charge in [-0.25, -0.2) is 0 Å². The number of hydrogen-bond acceptors (Lipinski definition) is 4. The Kier molecular flexibility index (Phi) is 4.23. The van der Waals surface area contributed by atoms with Crippen molar-refractivity contribution in [3.63, 3.8) is 0 Å². The number of amidine groups is 1. The first-order chi connectivity index (χ1) is 8.24. The maximum Gasteiger partial charge on any atom is 0.139 e. The first kappa shape index (κ1) is 12.6. The van der Waals surface area contributed by atoms with Crippen LogP contribution in [0.3, 0.4) is 0 Å². The van der Waals surface area contributed by atoms with Crippen molar-refractivity contribution in [1.29, 1.82) is 0 Å². The van der Waals surface area contributed by atoms with Gasteiger partial charge in [0.1, 0.15) is 5.84 Å². The van der Waals surface area contributed by atoms with Crippen LogP contribution in [0, 0.1) is 5.41 Å². The van der Waals surface area contributed by atoms with Crippen molar-refractivity contribution < 1.29 is 9.94 Å². The third-order valence-electron chi connectivity index (χ3n) is 3.79. The van der Waals surface area contributed by atoms with E-state index in [1.54, 1.807) is 0 Å². The van der Waals surface area contributed by atoms with Crippen molar-refractivity contribution >= 4 is 5.84 Å². The molecule has 0 aromatic rings. The second-order valence-electron chi connectivity index (χ2n) is 5.39. The van der Waals surface area contributed by atoms with E-state index in [1.165, 1.54) is 32.1 Å². The van der Waals surface area contributed by atoms with Gasteiger partial charge in [0.2, 0.25) is 0 Å². The van der Waals surface area contributed by atoms with Gasteiger partial charge in [-0.15, -0.1) is 0 Å². The molecule has 1 heterocycles. The maximum absolute atomic E-state index is 8.58. The van der Waals surface area contributed by atoms with E-state index < -0.39 is 0 Å². The molecule has 2 fully saturated rings. The van der Waals surface area contributed by atoms with Crippen LogP contribution in [0.2, 0.25) is 0 Å². The topological polar surface area (TPSA) is 79.9 Å². The van der Waals surface area contributed by atoms with Crippen LogP contribution in [0.15, 0.2) is 5.16 Å². The largest absolute Gasteiger partial charge is 0.409 e. The molecule has 0 aromatic carbocycles. The molecule has 0 spiro atoms. The van der Waals surface area contributed by atoms with Gasteiger partial charge in [-0.05, 0) is 37.5 Å². The van der Waals surface area contributed by atoms with E-state index in [9.17, 15) is 0 Å². The van der Waals surface area contributed by atoms with Crippen molar-refractivity contribution in [1.82, 2.24) is 5.32 Å². The van der Waals surface area contributed by atoms with E-state index in [4.69, 9.17) is 15.7 Å². The van der Waals surface area contributed by atoms with Crippen LogP contribution in [0.25, 0.3) is 0 Å². The Labute approximate surface area is 102 Å². The zero-order chi connectivity index (χ0) is 12.1. The molecule has 1 unspecified atom stereocenters. The first-order valence-electron chi connectivity index (χ1n) is 6.53. The maximum atomic E-state index is 8.58. The molecule has 5 nitrogen and oxygen atoms in total. The van der Waals surface area contributed by atoms with Crippen molar-refractivity contribution in [2.45, 2.75) is 44.6 Å². The summed E-state index contributed by atoms with van der Waals surface area (Å²) in [5, 5.41) is 15.1. The molecule has 1 atom stereocenters. The Morgan fingerprint density at radius 1 is 1.47 bits per heavy atom. The van der Waals surface area contributed by atoms with Gasteiger partial charge >= 0.3 is 0 Å². The molecule has 1 saturated heterocycles. The molecular weight excluding hydrogens is 218 g/mol. The van der Waals surface area contributed by atoms with Gasteiger partial charge in [0.15, 0.2) is 0 Å². The van der Waals surface area contributed by atoms with E-state index in [0.29, 0.717) is 18.4 Å². The summed E-state index contributed by atoms with van der Waals surface area (Å²) < 4.78 is 5.66. The monoisotopic (exact) mass is 241 g/mol. The molecule has 4 N–H and O–H groups in total. The van der Waals surface area contributed by atoms with Crippen LogP contribution in [-0.4, -0.2) is 36.8 Å². The predicted octanol–water partition coefficient (Wildman–Crippen LogP) is 1.06. The van der Waals surface area contributed by atoms with Gasteiger partial charge < -0.3 is 21.0 Å². The summed E-state index contributed by atoms with van der Waals surface area (Å²) in [6.45, 7) is 2.78. The lowest BCUT2D eigenvalue weighted by Gasteiger charge is -2.24. The zero-order valence-corrected chi connectivity index (χ0v) is 10.3. The van der Waals surface area contributed by atoms with Crippen molar-refractivity contribution in [3.8, 4) is 0 Å². The summed E-state index contributed by atoms with van der Waals surface area (Å²) >= 11 is 0. The van der Waals surface area contributed by atoms with Gasteiger partial charge in [-0.1, -0.05) is 5.16 Å². The first-order valence-corrected chi connectivity index (χ1v) is 6.53. The fraction of sp³-hybridized carbons (Fsp3) is 0.917. The number of nitrogens with two attached hydrogens (primary N) is 1. The highest BCUT2D eigenvalue weighted by molar-refractivity contribution is 5.80.